The summed E-state index contributed by atoms with van der Waals surface area (Å²) in [6.07, 6.45) is -1.55. The number of carbonyl (C=O) groups is 4. The molecule has 3 rings (SSSR count). The number of likely N-dealkylation sites (tertiary alicyclic amines) is 1. The predicted molar refractivity (Wildman–Crippen MR) is 135 cm³/mol. The number of carbonyl (C=O) groups excluding carboxylic acids is 4. The maximum atomic E-state index is 14.5. The first-order valence-corrected chi connectivity index (χ1v) is 15.0. The smallest absolute Gasteiger partial charge is 0.356 e. The molecule has 0 aromatic carbocycles. The minimum Gasteiger partial charge on any atom is -0.356 e. The third-order valence-electron chi connectivity index (χ3n) is 7.80. The number of amides is 4. The molecule has 0 unspecified atom stereocenters. The van der Waals surface area contributed by atoms with Crippen molar-refractivity contribution in [3.63, 3.8) is 0 Å². The monoisotopic (exact) mass is 596 g/mol. The molecule has 3 N–H and O–H groups in total. The molecule has 3 fully saturated rings. The van der Waals surface area contributed by atoms with E-state index in [0.717, 1.165) is 6.42 Å². The first-order chi connectivity index (χ1) is 18.3. The lowest BCUT2D eigenvalue weighted by atomic mass is 9.85. The van der Waals surface area contributed by atoms with Crippen LogP contribution in [0.1, 0.15) is 52.9 Å². The van der Waals surface area contributed by atoms with E-state index >= 15 is 0 Å². The van der Waals surface area contributed by atoms with Crippen molar-refractivity contribution in [3.05, 3.63) is 11.2 Å². The van der Waals surface area contributed by atoms with Gasteiger partial charge in [-0.1, -0.05) is 27.2 Å². The zero-order chi connectivity index (χ0) is 30.2. The van der Waals surface area contributed by atoms with Crippen LogP contribution in [0, 0.1) is 23.2 Å². The molecule has 2 heterocycles. The average molecular weight is 597 g/mol. The maximum Gasteiger partial charge on any atom is 0.471 e. The molecule has 0 spiro atoms. The molecule has 0 bridgehead atoms. The molecule has 40 heavy (non-hydrogen) atoms. The van der Waals surface area contributed by atoms with Crippen LogP contribution in [-0.2, 0) is 29.0 Å². The zero-order valence-corrected chi connectivity index (χ0v) is 23.6. The third-order valence-corrected chi connectivity index (χ3v) is 8.65. The summed E-state index contributed by atoms with van der Waals surface area (Å²) in [4.78, 5) is 52.4. The Kier molecular flexibility index (Phi) is 9.26. The number of alkyl halides is 3. The lowest BCUT2D eigenvalue weighted by molar-refractivity contribution is -0.176. The van der Waals surface area contributed by atoms with E-state index in [1.54, 1.807) is 5.32 Å². The highest BCUT2D eigenvalue weighted by atomic mass is 32.2. The van der Waals surface area contributed by atoms with Crippen molar-refractivity contribution < 1.29 is 45.2 Å². The molecule has 10 nitrogen and oxygen atoms in total. The summed E-state index contributed by atoms with van der Waals surface area (Å²) in [5.41, 5.74) is -1.14. The van der Waals surface area contributed by atoms with Gasteiger partial charge in [-0.2, -0.15) is 17.6 Å². The Morgan fingerprint density at radius 3 is 2.30 bits per heavy atom. The molecule has 4 amide bonds. The van der Waals surface area contributed by atoms with Crippen molar-refractivity contribution in [1.82, 2.24) is 20.9 Å². The van der Waals surface area contributed by atoms with Gasteiger partial charge in [0.25, 0.3) is 0 Å². The van der Waals surface area contributed by atoms with Crippen molar-refractivity contribution in [2.45, 2.75) is 77.2 Å². The van der Waals surface area contributed by atoms with Gasteiger partial charge in [0.2, 0.25) is 32.7 Å². The Morgan fingerprint density at radius 2 is 1.77 bits per heavy atom. The van der Waals surface area contributed by atoms with Gasteiger partial charge in [0.15, 0.2) is 0 Å². The van der Waals surface area contributed by atoms with Gasteiger partial charge in [-0.05, 0) is 49.0 Å². The lowest BCUT2D eigenvalue weighted by Gasteiger charge is -2.36. The molecular formula is C25H36F4N4O6S. The van der Waals surface area contributed by atoms with Gasteiger partial charge in [0.05, 0.1) is 6.04 Å². The highest BCUT2D eigenvalue weighted by Crippen LogP contribution is 2.43. The third kappa shape index (κ3) is 7.32. The fourth-order valence-corrected chi connectivity index (χ4v) is 6.20. The molecule has 1 aliphatic carbocycles. The second-order valence-corrected chi connectivity index (χ2v) is 13.9. The average Bonchev–Trinajstić information content (AvgIpc) is 3.50. The van der Waals surface area contributed by atoms with E-state index in [9.17, 15) is 45.2 Å². The van der Waals surface area contributed by atoms with Crippen molar-refractivity contribution in [3.8, 4) is 0 Å². The number of sulfone groups is 1. The van der Waals surface area contributed by atoms with E-state index in [2.05, 4.69) is 10.6 Å². The van der Waals surface area contributed by atoms with Gasteiger partial charge in [-0.3, -0.25) is 19.2 Å². The largest absolute Gasteiger partial charge is 0.471 e. The van der Waals surface area contributed by atoms with Crippen LogP contribution in [0.3, 0.4) is 0 Å². The molecular weight excluding hydrogens is 560 g/mol. The minimum absolute atomic E-state index is 0.0826. The second-order valence-electron chi connectivity index (χ2n) is 11.9. The van der Waals surface area contributed by atoms with E-state index in [-0.39, 0.29) is 30.7 Å². The normalized spacial score (nSPS) is 27.1. The van der Waals surface area contributed by atoms with E-state index in [0.29, 0.717) is 38.1 Å². The highest BCUT2D eigenvalue weighted by molar-refractivity contribution is 7.94. The van der Waals surface area contributed by atoms with Crippen molar-refractivity contribution in [2.75, 3.05) is 19.3 Å². The van der Waals surface area contributed by atoms with Crippen molar-refractivity contribution >= 4 is 33.5 Å². The van der Waals surface area contributed by atoms with Gasteiger partial charge in [0, 0.05) is 25.3 Å². The number of nitrogens with zero attached hydrogens (tertiary/aromatic N) is 1. The van der Waals surface area contributed by atoms with Crippen molar-refractivity contribution in [2.24, 2.45) is 23.2 Å². The van der Waals surface area contributed by atoms with E-state index in [1.807, 2.05) is 0 Å². The first kappa shape index (κ1) is 31.8. The second kappa shape index (κ2) is 11.6. The molecule has 15 heteroatoms. The summed E-state index contributed by atoms with van der Waals surface area (Å²) >= 11 is 0. The molecule has 2 aliphatic heterocycles. The van der Waals surface area contributed by atoms with Gasteiger partial charge in [0.1, 0.15) is 12.1 Å². The van der Waals surface area contributed by atoms with Crippen LogP contribution in [0.2, 0.25) is 0 Å². The topological polar surface area (TPSA) is 142 Å². The Balaban J connectivity index is 1.91. The fraction of sp³-hybridized carbons (Fsp3) is 0.760. The summed E-state index contributed by atoms with van der Waals surface area (Å²) in [5.74, 6) is -5.25. The standard InChI is InChI=1S/C25H36F4N4O6S/c1-24(2,3)19(32-23(37)25(27,28)29)22(36)33-12-14-6-5-7-16(14)18(33)21(35)31-15(11-17(26)40(4,38)39)10-13-8-9-30-20(13)34/h11,13-16,18-19H,5-10,12H2,1-4H3,(H,30,34)(H,31,35)(H,32,37)/b17-11+/t13-,14-,15+,16-,18-,19+/m1/s1. The molecule has 6 atom stereocenters. The van der Waals surface area contributed by atoms with E-state index < -0.39 is 68.4 Å². The summed E-state index contributed by atoms with van der Waals surface area (Å²) in [6.45, 7) is 4.91. The number of hydrogen-bond donors (Lipinski definition) is 3. The van der Waals surface area contributed by atoms with Crippen LogP contribution in [0.4, 0.5) is 17.6 Å². The Morgan fingerprint density at radius 1 is 1.12 bits per heavy atom. The van der Waals surface area contributed by atoms with Crippen molar-refractivity contribution in [1.29, 1.82) is 0 Å². The van der Waals surface area contributed by atoms with E-state index in [1.165, 1.54) is 25.7 Å². The quantitative estimate of drug-likeness (QED) is 0.364. The molecule has 0 aromatic rings. The lowest BCUT2D eigenvalue weighted by Crippen LogP contribution is -2.60. The number of rotatable bonds is 8. The highest BCUT2D eigenvalue weighted by Gasteiger charge is 2.53. The summed E-state index contributed by atoms with van der Waals surface area (Å²) in [6, 6.07) is -3.95. The minimum atomic E-state index is -5.22. The van der Waals surface area contributed by atoms with Crippen LogP contribution in [-0.4, -0.2) is 80.6 Å². The molecule has 3 aliphatic rings. The molecule has 1 saturated carbocycles. The maximum absolute atomic E-state index is 14.5. The van der Waals surface area contributed by atoms with Gasteiger partial charge >= 0.3 is 12.1 Å². The number of hydrogen-bond acceptors (Lipinski definition) is 6. The summed E-state index contributed by atoms with van der Waals surface area (Å²) in [5, 5.41) is 5.50. The molecule has 0 aromatic heterocycles. The fourth-order valence-electron chi connectivity index (χ4n) is 5.79. The van der Waals surface area contributed by atoms with Crippen LogP contribution >= 0.6 is 0 Å². The van der Waals surface area contributed by atoms with E-state index in [4.69, 9.17) is 0 Å². The number of nitrogens with one attached hydrogen (secondary N) is 3. The Hall–Kier alpha value is -2.71. The summed E-state index contributed by atoms with van der Waals surface area (Å²) < 4.78 is 77.1. The first-order valence-electron chi connectivity index (χ1n) is 13.1. The van der Waals surface area contributed by atoms with Gasteiger partial charge in [-0.25, -0.2) is 8.42 Å². The van der Waals surface area contributed by atoms with Crippen LogP contribution in [0.25, 0.3) is 0 Å². The molecule has 2 saturated heterocycles. The predicted octanol–water partition coefficient (Wildman–Crippen LogP) is 1.57. The number of halogens is 4. The zero-order valence-electron chi connectivity index (χ0n) is 22.8. The Bertz CT molecular complexity index is 1170. The summed E-state index contributed by atoms with van der Waals surface area (Å²) in [7, 11) is -4.24. The van der Waals surface area contributed by atoms with Crippen LogP contribution in [0.5, 0.6) is 0 Å². The molecule has 226 valence electrons. The SMILES string of the molecule is CC(C)(C)[C@@H](NC(=O)C(F)(F)F)C(=O)N1C[C@H]2CCC[C@H]2[C@@H]1C(=O)N[C@H](/C=C(\F)S(C)(=O)=O)C[C@H]1CCNC1=O. The Labute approximate surface area is 230 Å². The molecule has 0 radical (unpaired) electrons. The van der Waals surface area contributed by atoms with Gasteiger partial charge < -0.3 is 20.9 Å². The number of fused-ring (bicyclic) bond motifs is 1. The van der Waals surface area contributed by atoms with Crippen LogP contribution < -0.4 is 16.0 Å². The van der Waals surface area contributed by atoms with Gasteiger partial charge in [-0.15, -0.1) is 0 Å². The van der Waals surface area contributed by atoms with Crippen LogP contribution in [0.15, 0.2) is 11.2 Å².